The molecule has 1 rings (SSSR count). The van der Waals surface area contributed by atoms with Crippen LogP contribution in [0.25, 0.3) is 0 Å². The summed E-state index contributed by atoms with van der Waals surface area (Å²) in [6.45, 7) is 7.93. The molecular weight excluding hydrogens is 162 g/mol. The van der Waals surface area contributed by atoms with Gasteiger partial charge in [0.25, 0.3) is 0 Å². The third kappa shape index (κ3) is 2.60. The molecule has 0 saturated carbocycles. The molecule has 2 nitrogen and oxygen atoms in total. The molecule has 0 saturated heterocycles. The highest BCUT2D eigenvalue weighted by molar-refractivity contribution is 5.25. The fraction of sp³-hybridized carbons (Fsp3) is 0.273. The van der Waals surface area contributed by atoms with Crippen molar-refractivity contribution in [1.29, 1.82) is 0 Å². The van der Waals surface area contributed by atoms with Gasteiger partial charge in [0.15, 0.2) is 0 Å². The van der Waals surface area contributed by atoms with E-state index in [-0.39, 0.29) is 0 Å². The molecule has 0 aromatic heterocycles. The van der Waals surface area contributed by atoms with Gasteiger partial charge >= 0.3 is 0 Å². The molecule has 1 N–H and O–H groups in total. The normalized spacial score (nSPS) is 21.2. The van der Waals surface area contributed by atoms with Crippen LogP contribution < -0.4 is 0 Å². The van der Waals surface area contributed by atoms with Crippen molar-refractivity contribution in [3.8, 4) is 0 Å². The minimum atomic E-state index is -0.530. The van der Waals surface area contributed by atoms with Crippen LogP contribution in [0.4, 0.5) is 0 Å². The molecule has 0 amide bonds. The Labute approximate surface area is 79.2 Å². The van der Waals surface area contributed by atoms with Crippen LogP contribution in [0.5, 0.6) is 0 Å². The third-order valence-electron chi connectivity index (χ3n) is 1.90. The molecule has 1 heterocycles. The standard InChI is InChI=1S/C11H15NO/c1-3-5-10-6-8-12(7-4-2)11(13)9-10/h3-4,6,8-9,11,13H,1-2,5,7H2. The van der Waals surface area contributed by atoms with Gasteiger partial charge in [-0.25, -0.2) is 0 Å². The van der Waals surface area contributed by atoms with E-state index in [1.807, 2.05) is 24.4 Å². The Hall–Kier alpha value is -1.28. The van der Waals surface area contributed by atoms with Gasteiger partial charge in [0, 0.05) is 12.7 Å². The van der Waals surface area contributed by atoms with Crippen molar-refractivity contribution in [2.24, 2.45) is 0 Å². The van der Waals surface area contributed by atoms with Crippen molar-refractivity contribution in [3.63, 3.8) is 0 Å². The van der Waals surface area contributed by atoms with E-state index < -0.39 is 6.23 Å². The molecule has 0 aromatic carbocycles. The second-order valence-electron chi connectivity index (χ2n) is 2.95. The van der Waals surface area contributed by atoms with Crippen LogP contribution in [-0.4, -0.2) is 22.8 Å². The van der Waals surface area contributed by atoms with E-state index in [0.717, 1.165) is 12.0 Å². The summed E-state index contributed by atoms with van der Waals surface area (Å²) in [5, 5.41) is 9.61. The van der Waals surface area contributed by atoms with Crippen molar-refractivity contribution in [1.82, 2.24) is 4.90 Å². The molecule has 1 atom stereocenters. The van der Waals surface area contributed by atoms with Gasteiger partial charge in [0.1, 0.15) is 6.23 Å². The Morgan fingerprint density at radius 3 is 2.77 bits per heavy atom. The second-order valence-corrected chi connectivity index (χ2v) is 2.95. The number of aliphatic hydroxyl groups is 1. The monoisotopic (exact) mass is 177 g/mol. The fourth-order valence-electron chi connectivity index (χ4n) is 1.24. The summed E-state index contributed by atoms with van der Waals surface area (Å²) in [5.74, 6) is 0. The average Bonchev–Trinajstić information content (AvgIpc) is 2.10. The molecule has 13 heavy (non-hydrogen) atoms. The Morgan fingerprint density at radius 1 is 1.46 bits per heavy atom. The summed E-state index contributed by atoms with van der Waals surface area (Å²) in [4.78, 5) is 1.81. The van der Waals surface area contributed by atoms with Gasteiger partial charge < -0.3 is 10.0 Å². The van der Waals surface area contributed by atoms with Gasteiger partial charge in [-0.3, -0.25) is 0 Å². The first kappa shape index (κ1) is 9.81. The second kappa shape index (κ2) is 4.67. The first-order valence-corrected chi connectivity index (χ1v) is 4.32. The maximum Gasteiger partial charge on any atom is 0.146 e. The number of nitrogens with zero attached hydrogens (tertiary/aromatic N) is 1. The highest BCUT2D eigenvalue weighted by Gasteiger charge is 2.11. The lowest BCUT2D eigenvalue weighted by Gasteiger charge is -2.26. The molecule has 1 unspecified atom stereocenters. The molecule has 0 radical (unpaired) electrons. The largest absolute Gasteiger partial charge is 0.370 e. The zero-order valence-electron chi connectivity index (χ0n) is 7.69. The predicted octanol–water partition coefficient (Wildman–Crippen LogP) is 1.82. The van der Waals surface area contributed by atoms with Crippen LogP contribution in [0.2, 0.25) is 0 Å². The Bertz CT molecular complexity index is 253. The van der Waals surface area contributed by atoms with Crippen molar-refractivity contribution >= 4 is 0 Å². The van der Waals surface area contributed by atoms with E-state index in [2.05, 4.69) is 13.2 Å². The molecule has 1 aliphatic heterocycles. The van der Waals surface area contributed by atoms with E-state index >= 15 is 0 Å². The van der Waals surface area contributed by atoms with Crippen molar-refractivity contribution in [2.45, 2.75) is 12.6 Å². The van der Waals surface area contributed by atoms with Gasteiger partial charge in [-0.2, -0.15) is 0 Å². The van der Waals surface area contributed by atoms with Gasteiger partial charge in [0.05, 0.1) is 0 Å². The summed E-state index contributed by atoms with van der Waals surface area (Å²) < 4.78 is 0. The zero-order valence-corrected chi connectivity index (χ0v) is 7.69. The van der Waals surface area contributed by atoms with Crippen LogP contribution in [0.15, 0.2) is 49.2 Å². The number of rotatable bonds is 4. The summed E-state index contributed by atoms with van der Waals surface area (Å²) in [7, 11) is 0. The zero-order chi connectivity index (χ0) is 9.68. The van der Waals surface area contributed by atoms with Crippen LogP contribution in [0, 0.1) is 0 Å². The first-order chi connectivity index (χ1) is 6.27. The van der Waals surface area contributed by atoms with Gasteiger partial charge in [-0.05, 0) is 24.1 Å². The molecule has 0 bridgehead atoms. The number of allylic oxidation sites excluding steroid dienone is 3. The highest BCUT2D eigenvalue weighted by atomic mass is 16.3. The highest BCUT2D eigenvalue weighted by Crippen LogP contribution is 2.14. The lowest BCUT2D eigenvalue weighted by atomic mass is 10.1. The molecule has 0 aliphatic carbocycles. The van der Waals surface area contributed by atoms with E-state index in [0.29, 0.717) is 6.54 Å². The number of hydrogen-bond acceptors (Lipinski definition) is 2. The Balaban J connectivity index is 2.60. The first-order valence-electron chi connectivity index (χ1n) is 4.32. The molecule has 0 fully saturated rings. The van der Waals surface area contributed by atoms with Crippen LogP contribution in [0.3, 0.4) is 0 Å². The minimum absolute atomic E-state index is 0.530. The van der Waals surface area contributed by atoms with Gasteiger partial charge in [-0.1, -0.05) is 12.2 Å². The van der Waals surface area contributed by atoms with E-state index in [1.165, 1.54) is 0 Å². The average molecular weight is 177 g/mol. The molecule has 2 heteroatoms. The molecule has 70 valence electrons. The van der Waals surface area contributed by atoms with Crippen molar-refractivity contribution in [2.75, 3.05) is 6.54 Å². The maximum absolute atomic E-state index is 9.61. The van der Waals surface area contributed by atoms with Gasteiger partial charge in [-0.15, -0.1) is 13.2 Å². The lowest BCUT2D eigenvalue weighted by molar-refractivity contribution is 0.0854. The minimum Gasteiger partial charge on any atom is -0.370 e. The third-order valence-corrected chi connectivity index (χ3v) is 1.90. The number of aliphatic hydroxyl groups excluding tert-OH is 1. The summed E-state index contributed by atoms with van der Waals surface area (Å²) >= 11 is 0. The molecule has 0 spiro atoms. The fourth-order valence-corrected chi connectivity index (χ4v) is 1.24. The smallest absolute Gasteiger partial charge is 0.146 e. The summed E-state index contributed by atoms with van der Waals surface area (Å²) in [6, 6.07) is 0. The molecular formula is C11H15NO. The van der Waals surface area contributed by atoms with Crippen molar-refractivity contribution < 1.29 is 5.11 Å². The SMILES string of the molecule is C=CCC1=CC(O)N(CC=C)C=C1. The van der Waals surface area contributed by atoms with Gasteiger partial charge in [0.2, 0.25) is 0 Å². The summed E-state index contributed by atoms with van der Waals surface area (Å²) in [6.07, 6.45) is 9.55. The number of hydrogen-bond donors (Lipinski definition) is 1. The van der Waals surface area contributed by atoms with Crippen LogP contribution >= 0.6 is 0 Å². The summed E-state index contributed by atoms with van der Waals surface area (Å²) in [5.41, 5.74) is 1.10. The predicted molar refractivity (Wildman–Crippen MR) is 54.9 cm³/mol. The lowest BCUT2D eigenvalue weighted by Crippen LogP contribution is -2.30. The maximum atomic E-state index is 9.61. The van der Waals surface area contributed by atoms with Crippen molar-refractivity contribution in [3.05, 3.63) is 49.2 Å². The van der Waals surface area contributed by atoms with E-state index in [9.17, 15) is 5.11 Å². The quantitative estimate of drug-likeness (QED) is 0.662. The molecule has 0 aromatic rings. The van der Waals surface area contributed by atoms with Crippen LogP contribution in [0.1, 0.15) is 6.42 Å². The topological polar surface area (TPSA) is 23.5 Å². The van der Waals surface area contributed by atoms with E-state index in [1.54, 1.807) is 11.0 Å². The Kier molecular flexibility index (Phi) is 3.53. The van der Waals surface area contributed by atoms with Crippen LogP contribution in [-0.2, 0) is 0 Å². The molecule has 1 aliphatic rings. The van der Waals surface area contributed by atoms with E-state index in [4.69, 9.17) is 0 Å². The Morgan fingerprint density at radius 2 is 2.23 bits per heavy atom.